The Bertz CT molecular complexity index is 532. The summed E-state index contributed by atoms with van der Waals surface area (Å²) in [6.07, 6.45) is 2.62. The third kappa shape index (κ3) is 6.05. The molecule has 0 atom stereocenters. The maximum absolute atomic E-state index is 11.2. The van der Waals surface area contributed by atoms with E-state index < -0.39 is 15.7 Å². The lowest BCUT2D eigenvalue weighted by Crippen LogP contribution is -2.23. The van der Waals surface area contributed by atoms with E-state index in [1.165, 1.54) is 0 Å². The maximum Gasteiger partial charge on any atom is 0.244 e. The summed E-state index contributed by atoms with van der Waals surface area (Å²) in [4.78, 5) is 11.2. The smallest absolute Gasteiger partial charge is 0.244 e. The van der Waals surface area contributed by atoms with Crippen molar-refractivity contribution in [3.8, 4) is 5.75 Å². The van der Waals surface area contributed by atoms with Crippen LogP contribution in [0.3, 0.4) is 0 Å². The molecule has 0 fully saturated rings. The van der Waals surface area contributed by atoms with E-state index in [4.69, 9.17) is 5.11 Å². The number of carbonyl (C=O) groups excluding carboxylic acids is 1. The molecule has 98 valence electrons. The summed E-state index contributed by atoms with van der Waals surface area (Å²) in [5.41, 5.74) is 0.972. The normalized spacial score (nSPS) is 11.6. The number of phenolic OH excluding ortho intramolecular Hbond substituents is 1. The zero-order valence-corrected chi connectivity index (χ0v) is 10.8. The van der Waals surface area contributed by atoms with Crippen LogP contribution in [0, 0.1) is 0 Å². The minimum atomic E-state index is -3.27. The summed E-state index contributed by atoms with van der Waals surface area (Å²) in [5, 5.41) is 12.5. The molecule has 0 aliphatic heterocycles. The van der Waals surface area contributed by atoms with Gasteiger partial charge in [0.25, 0.3) is 0 Å². The quantitative estimate of drug-likeness (QED) is 0.767. The minimum absolute atomic E-state index is 0.193. The largest absolute Gasteiger partial charge is 0.508 e. The van der Waals surface area contributed by atoms with Crippen molar-refractivity contribution in [1.82, 2.24) is 5.32 Å². The molecule has 0 bridgehead atoms. The van der Waals surface area contributed by atoms with Crippen molar-refractivity contribution in [2.45, 2.75) is 6.42 Å². The molecule has 1 rings (SSSR count). The maximum atomic E-state index is 11.2. The second kappa shape index (κ2) is 6.20. The lowest BCUT2D eigenvalue weighted by Gasteiger charge is -2.02. The molecule has 1 aromatic rings. The van der Waals surface area contributed by atoms with Crippen molar-refractivity contribution < 1.29 is 18.3 Å². The highest BCUT2D eigenvalue weighted by Crippen LogP contribution is 2.09. The predicted octanol–water partition coefficient (Wildman–Crippen LogP) is 0.609. The van der Waals surface area contributed by atoms with Crippen molar-refractivity contribution in [3.63, 3.8) is 0 Å². The Morgan fingerprint density at radius 2 is 1.94 bits per heavy atom. The van der Waals surface area contributed by atoms with Gasteiger partial charge in [-0.25, -0.2) is 8.42 Å². The Kier molecular flexibility index (Phi) is 4.91. The van der Waals surface area contributed by atoms with E-state index >= 15 is 0 Å². The van der Waals surface area contributed by atoms with Gasteiger partial charge in [-0.1, -0.05) is 12.1 Å². The summed E-state index contributed by atoms with van der Waals surface area (Å²) in [7, 11) is -3.27. The number of benzene rings is 1. The van der Waals surface area contributed by atoms with Crippen molar-refractivity contribution >= 4 is 15.7 Å². The van der Waals surface area contributed by atoms with Gasteiger partial charge in [0.15, 0.2) is 9.84 Å². The second-order valence-electron chi connectivity index (χ2n) is 3.84. The Morgan fingerprint density at radius 3 is 2.50 bits per heavy atom. The van der Waals surface area contributed by atoms with Crippen LogP contribution in [0.1, 0.15) is 5.56 Å². The lowest BCUT2D eigenvalue weighted by molar-refractivity contribution is -0.116. The number of sulfone groups is 1. The molecule has 18 heavy (non-hydrogen) atoms. The van der Waals surface area contributed by atoms with Crippen LogP contribution in [-0.2, 0) is 21.1 Å². The summed E-state index contributed by atoms with van der Waals surface area (Å²) in [5.74, 6) is -0.252. The highest BCUT2D eigenvalue weighted by Gasteiger charge is 1.99. The van der Waals surface area contributed by atoms with Gasteiger partial charge >= 0.3 is 0 Å². The van der Waals surface area contributed by atoms with E-state index in [-0.39, 0.29) is 5.75 Å². The van der Waals surface area contributed by atoms with E-state index in [2.05, 4.69) is 5.32 Å². The van der Waals surface area contributed by atoms with Gasteiger partial charge in [-0.05, 0) is 24.1 Å². The average Bonchev–Trinajstić information content (AvgIpc) is 2.28. The molecule has 0 aliphatic carbocycles. The molecular weight excluding hydrogens is 254 g/mol. The molecule has 0 heterocycles. The van der Waals surface area contributed by atoms with Crippen LogP contribution in [0.2, 0.25) is 0 Å². The number of hydrogen-bond acceptors (Lipinski definition) is 4. The van der Waals surface area contributed by atoms with Crippen LogP contribution in [0.15, 0.2) is 35.7 Å². The number of hydrogen-bond donors (Lipinski definition) is 2. The molecule has 0 aliphatic rings. The third-order valence-electron chi connectivity index (χ3n) is 2.12. The number of aromatic hydroxyl groups is 1. The molecule has 0 saturated heterocycles. The van der Waals surface area contributed by atoms with E-state index in [0.29, 0.717) is 13.0 Å². The van der Waals surface area contributed by atoms with Gasteiger partial charge in [-0.2, -0.15) is 0 Å². The van der Waals surface area contributed by atoms with Gasteiger partial charge in [0.05, 0.1) is 0 Å². The fraction of sp³-hybridized carbons (Fsp3) is 0.250. The fourth-order valence-electron chi connectivity index (χ4n) is 1.24. The number of nitrogens with one attached hydrogen (secondary N) is 1. The van der Waals surface area contributed by atoms with Crippen LogP contribution < -0.4 is 5.32 Å². The van der Waals surface area contributed by atoms with Gasteiger partial charge in [0, 0.05) is 24.3 Å². The molecule has 1 aromatic carbocycles. The van der Waals surface area contributed by atoms with E-state index in [1.54, 1.807) is 24.3 Å². The van der Waals surface area contributed by atoms with Crippen LogP contribution >= 0.6 is 0 Å². The van der Waals surface area contributed by atoms with Crippen molar-refractivity contribution in [2.75, 3.05) is 12.8 Å². The average molecular weight is 269 g/mol. The van der Waals surface area contributed by atoms with Gasteiger partial charge in [0.1, 0.15) is 5.75 Å². The van der Waals surface area contributed by atoms with Crippen LogP contribution in [0.5, 0.6) is 5.75 Å². The van der Waals surface area contributed by atoms with Crippen LogP contribution in [-0.4, -0.2) is 32.2 Å². The number of amides is 1. The molecule has 6 heteroatoms. The van der Waals surface area contributed by atoms with Gasteiger partial charge < -0.3 is 10.4 Å². The number of rotatable bonds is 5. The monoisotopic (exact) mass is 269 g/mol. The SMILES string of the molecule is CS(=O)(=O)/C=C/C(=O)NCCc1ccc(O)cc1. The van der Waals surface area contributed by atoms with Gasteiger partial charge in [0.2, 0.25) is 5.91 Å². The summed E-state index contributed by atoms with van der Waals surface area (Å²) < 4.78 is 21.5. The van der Waals surface area contributed by atoms with E-state index in [1.807, 2.05) is 0 Å². The van der Waals surface area contributed by atoms with Gasteiger partial charge in [-0.3, -0.25) is 4.79 Å². The molecule has 2 N–H and O–H groups in total. The fourth-order valence-corrected chi connectivity index (χ4v) is 1.61. The van der Waals surface area contributed by atoms with Crippen molar-refractivity contribution in [2.24, 2.45) is 0 Å². The first kappa shape index (κ1) is 14.2. The predicted molar refractivity (Wildman–Crippen MR) is 68.8 cm³/mol. The summed E-state index contributed by atoms with van der Waals surface area (Å²) in [6.45, 7) is 0.401. The first-order chi connectivity index (χ1) is 8.37. The summed E-state index contributed by atoms with van der Waals surface area (Å²) in [6, 6.07) is 6.66. The van der Waals surface area contributed by atoms with E-state index in [0.717, 1.165) is 23.3 Å². The molecule has 0 spiro atoms. The Hall–Kier alpha value is -1.82. The van der Waals surface area contributed by atoms with Gasteiger partial charge in [-0.15, -0.1) is 0 Å². The van der Waals surface area contributed by atoms with Crippen LogP contribution in [0.25, 0.3) is 0 Å². The lowest BCUT2D eigenvalue weighted by atomic mass is 10.1. The topological polar surface area (TPSA) is 83.5 Å². The zero-order valence-electron chi connectivity index (χ0n) is 9.96. The molecule has 0 saturated carbocycles. The highest BCUT2D eigenvalue weighted by atomic mass is 32.2. The van der Waals surface area contributed by atoms with Crippen molar-refractivity contribution in [3.05, 3.63) is 41.3 Å². The zero-order chi connectivity index (χ0) is 13.6. The van der Waals surface area contributed by atoms with Crippen molar-refractivity contribution in [1.29, 1.82) is 0 Å². The first-order valence-electron chi connectivity index (χ1n) is 5.31. The number of carbonyl (C=O) groups is 1. The minimum Gasteiger partial charge on any atom is -0.508 e. The highest BCUT2D eigenvalue weighted by molar-refractivity contribution is 7.93. The molecule has 0 aromatic heterocycles. The number of phenols is 1. The van der Waals surface area contributed by atoms with E-state index in [9.17, 15) is 13.2 Å². The molecule has 0 radical (unpaired) electrons. The molecular formula is C12H15NO4S. The molecule has 1 amide bonds. The second-order valence-corrected chi connectivity index (χ2v) is 5.77. The van der Waals surface area contributed by atoms with Crippen LogP contribution in [0.4, 0.5) is 0 Å². The first-order valence-corrected chi connectivity index (χ1v) is 7.26. The summed E-state index contributed by atoms with van der Waals surface area (Å²) >= 11 is 0. The Morgan fingerprint density at radius 1 is 1.33 bits per heavy atom. The Labute approximate surface area is 106 Å². The molecule has 0 unspecified atom stereocenters. The standard InChI is InChI=1S/C12H15NO4S/c1-18(16,17)9-7-12(15)13-8-6-10-2-4-11(14)5-3-10/h2-5,7,9,14H,6,8H2,1H3,(H,13,15)/b9-7+. The Balaban J connectivity index is 2.36. The third-order valence-corrected chi connectivity index (χ3v) is 2.75. The molecule has 5 nitrogen and oxygen atoms in total.